The third kappa shape index (κ3) is 2.98. The monoisotopic (exact) mass is 262 g/mol. The van der Waals surface area contributed by atoms with E-state index >= 15 is 0 Å². The first-order valence-corrected chi connectivity index (χ1v) is 7.08. The van der Waals surface area contributed by atoms with Gasteiger partial charge in [0.2, 0.25) is 0 Å². The highest BCUT2D eigenvalue weighted by Crippen LogP contribution is 2.47. The van der Waals surface area contributed by atoms with Crippen molar-refractivity contribution >= 4 is 5.97 Å². The van der Waals surface area contributed by atoms with Crippen molar-refractivity contribution in [3.8, 4) is 0 Å². The van der Waals surface area contributed by atoms with E-state index in [-0.39, 0.29) is 6.10 Å². The molecule has 0 bridgehead atoms. The Morgan fingerprint density at radius 2 is 2.05 bits per heavy atom. The van der Waals surface area contributed by atoms with Crippen LogP contribution in [0.3, 0.4) is 0 Å². The van der Waals surface area contributed by atoms with E-state index in [1.165, 1.54) is 0 Å². The molecular weight excluding hydrogens is 240 g/mol. The van der Waals surface area contributed by atoms with Crippen LogP contribution in [0.15, 0.2) is 30.3 Å². The number of hydrogen-bond acceptors (Lipinski definition) is 2. The normalized spacial score (nSPS) is 18.6. The van der Waals surface area contributed by atoms with E-state index in [9.17, 15) is 9.90 Å². The van der Waals surface area contributed by atoms with Crippen LogP contribution in [0.1, 0.15) is 44.6 Å². The molecule has 1 aromatic rings. The molecule has 0 radical (unpaired) electrons. The van der Waals surface area contributed by atoms with Crippen molar-refractivity contribution in [1.82, 2.24) is 0 Å². The molecular formula is C16H22O3. The standard InChI is InChI=1S/C16H22O3/c1-2-7-14(16(15(17)18)10-6-11-16)19-12-13-8-4-3-5-9-13/h3-5,8-9,14H,2,6-7,10-12H2,1H3,(H,17,18). The third-order valence-corrected chi connectivity index (χ3v) is 4.13. The first-order chi connectivity index (χ1) is 9.19. The molecule has 0 amide bonds. The number of benzene rings is 1. The average molecular weight is 262 g/mol. The van der Waals surface area contributed by atoms with Gasteiger partial charge in [0.05, 0.1) is 18.1 Å². The van der Waals surface area contributed by atoms with Crippen LogP contribution in [0.2, 0.25) is 0 Å². The Bertz CT molecular complexity index is 409. The van der Waals surface area contributed by atoms with Crippen molar-refractivity contribution in [2.75, 3.05) is 0 Å². The van der Waals surface area contributed by atoms with Gasteiger partial charge in [0, 0.05) is 0 Å². The highest BCUT2D eigenvalue weighted by Gasteiger charge is 2.50. The van der Waals surface area contributed by atoms with Gasteiger partial charge in [0.25, 0.3) is 0 Å². The highest BCUT2D eigenvalue weighted by molar-refractivity contribution is 5.76. The van der Waals surface area contributed by atoms with E-state index in [0.717, 1.165) is 37.7 Å². The summed E-state index contributed by atoms with van der Waals surface area (Å²) in [6, 6.07) is 9.94. The first kappa shape index (κ1) is 14.1. The van der Waals surface area contributed by atoms with Gasteiger partial charge in [-0.2, -0.15) is 0 Å². The predicted octanol–water partition coefficient (Wildman–Crippen LogP) is 3.63. The zero-order valence-electron chi connectivity index (χ0n) is 11.5. The molecule has 1 unspecified atom stereocenters. The van der Waals surface area contributed by atoms with Crippen LogP contribution in [0.4, 0.5) is 0 Å². The second-order valence-electron chi connectivity index (χ2n) is 5.39. The van der Waals surface area contributed by atoms with Crippen LogP contribution >= 0.6 is 0 Å². The molecule has 1 aliphatic carbocycles. The van der Waals surface area contributed by atoms with E-state index in [2.05, 4.69) is 6.92 Å². The summed E-state index contributed by atoms with van der Waals surface area (Å²) in [5.41, 5.74) is 0.466. The Morgan fingerprint density at radius 1 is 1.37 bits per heavy atom. The SMILES string of the molecule is CCCC(OCc1ccccc1)C1(C(=O)O)CCC1. The molecule has 1 aliphatic rings. The maximum absolute atomic E-state index is 11.6. The minimum Gasteiger partial charge on any atom is -0.481 e. The Morgan fingerprint density at radius 3 is 2.53 bits per heavy atom. The molecule has 0 spiro atoms. The van der Waals surface area contributed by atoms with Crippen molar-refractivity contribution in [2.24, 2.45) is 5.41 Å². The lowest BCUT2D eigenvalue weighted by Gasteiger charge is -2.43. The summed E-state index contributed by atoms with van der Waals surface area (Å²) in [4.78, 5) is 11.6. The molecule has 104 valence electrons. The first-order valence-electron chi connectivity index (χ1n) is 7.08. The maximum atomic E-state index is 11.6. The Hall–Kier alpha value is -1.35. The second kappa shape index (κ2) is 6.20. The fourth-order valence-electron chi connectivity index (χ4n) is 2.78. The zero-order valence-corrected chi connectivity index (χ0v) is 11.5. The minimum atomic E-state index is -0.690. The highest BCUT2D eigenvalue weighted by atomic mass is 16.5. The summed E-state index contributed by atoms with van der Waals surface area (Å²) in [5, 5.41) is 9.50. The molecule has 3 nitrogen and oxygen atoms in total. The molecule has 0 aromatic heterocycles. The lowest BCUT2D eigenvalue weighted by atomic mass is 9.64. The molecule has 1 atom stereocenters. The number of carbonyl (C=O) groups is 1. The average Bonchev–Trinajstić information content (AvgIpc) is 2.35. The van der Waals surface area contributed by atoms with Crippen LogP contribution in [-0.4, -0.2) is 17.2 Å². The minimum absolute atomic E-state index is 0.163. The lowest BCUT2D eigenvalue weighted by Crippen LogP contribution is -2.49. The van der Waals surface area contributed by atoms with Gasteiger partial charge in [-0.3, -0.25) is 4.79 Å². The molecule has 0 heterocycles. The molecule has 0 saturated heterocycles. The van der Waals surface area contributed by atoms with Gasteiger partial charge in [-0.1, -0.05) is 50.1 Å². The summed E-state index contributed by atoms with van der Waals surface area (Å²) in [6.45, 7) is 2.58. The Labute approximate surface area is 114 Å². The van der Waals surface area contributed by atoms with Crippen molar-refractivity contribution in [1.29, 1.82) is 0 Å². The number of rotatable bonds is 7. The molecule has 2 rings (SSSR count). The summed E-state index contributed by atoms with van der Waals surface area (Å²) in [6.07, 6.45) is 4.11. The Kier molecular flexibility index (Phi) is 4.59. The van der Waals surface area contributed by atoms with Gasteiger partial charge < -0.3 is 9.84 Å². The van der Waals surface area contributed by atoms with Crippen LogP contribution in [-0.2, 0) is 16.1 Å². The molecule has 1 N–H and O–H groups in total. The zero-order chi connectivity index (χ0) is 13.7. The van der Waals surface area contributed by atoms with Crippen molar-refractivity contribution in [3.63, 3.8) is 0 Å². The Balaban J connectivity index is 2.02. The van der Waals surface area contributed by atoms with Gasteiger partial charge >= 0.3 is 5.97 Å². The van der Waals surface area contributed by atoms with Crippen LogP contribution < -0.4 is 0 Å². The number of ether oxygens (including phenoxy) is 1. The van der Waals surface area contributed by atoms with E-state index in [4.69, 9.17) is 4.74 Å². The smallest absolute Gasteiger partial charge is 0.312 e. The van der Waals surface area contributed by atoms with Crippen molar-refractivity contribution in [2.45, 2.75) is 51.7 Å². The van der Waals surface area contributed by atoms with Crippen molar-refractivity contribution < 1.29 is 14.6 Å². The number of aliphatic carboxylic acids is 1. The summed E-state index contributed by atoms with van der Waals surface area (Å²) in [7, 11) is 0. The van der Waals surface area contributed by atoms with Gasteiger partial charge in [-0.05, 0) is 24.8 Å². The topological polar surface area (TPSA) is 46.5 Å². The van der Waals surface area contributed by atoms with Gasteiger partial charge in [-0.25, -0.2) is 0 Å². The van der Waals surface area contributed by atoms with E-state index in [1.807, 2.05) is 30.3 Å². The third-order valence-electron chi connectivity index (χ3n) is 4.13. The van der Waals surface area contributed by atoms with E-state index in [1.54, 1.807) is 0 Å². The number of carboxylic acid groups (broad SMARTS) is 1. The maximum Gasteiger partial charge on any atom is 0.312 e. The summed E-state index contributed by atoms with van der Waals surface area (Å²) >= 11 is 0. The van der Waals surface area contributed by atoms with Gasteiger partial charge in [0.15, 0.2) is 0 Å². The summed E-state index contributed by atoms with van der Waals surface area (Å²) < 4.78 is 5.96. The van der Waals surface area contributed by atoms with Crippen molar-refractivity contribution in [3.05, 3.63) is 35.9 Å². The largest absolute Gasteiger partial charge is 0.481 e. The van der Waals surface area contributed by atoms with Crippen LogP contribution in [0.5, 0.6) is 0 Å². The lowest BCUT2D eigenvalue weighted by molar-refractivity contribution is -0.172. The van der Waals surface area contributed by atoms with E-state index < -0.39 is 11.4 Å². The molecule has 0 aliphatic heterocycles. The molecule has 1 fully saturated rings. The van der Waals surface area contributed by atoms with Crippen LogP contribution in [0, 0.1) is 5.41 Å². The quantitative estimate of drug-likeness (QED) is 0.816. The van der Waals surface area contributed by atoms with E-state index in [0.29, 0.717) is 6.61 Å². The molecule has 3 heteroatoms. The number of hydrogen-bond donors (Lipinski definition) is 1. The van der Waals surface area contributed by atoms with Gasteiger partial charge in [0.1, 0.15) is 0 Å². The van der Waals surface area contributed by atoms with Crippen LogP contribution in [0.25, 0.3) is 0 Å². The van der Waals surface area contributed by atoms with Gasteiger partial charge in [-0.15, -0.1) is 0 Å². The molecule has 19 heavy (non-hydrogen) atoms. The fourth-order valence-corrected chi connectivity index (χ4v) is 2.78. The summed E-state index contributed by atoms with van der Waals surface area (Å²) in [5.74, 6) is -0.690. The second-order valence-corrected chi connectivity index (χ2v) is 5.39. The predicted molar refractivity (Wildman–Crippen MR) is 73.8 cm³/mol. The fraction of sp³-hybridized carbons (Fsp3) is 0.562. The number of carboxylic acids is 1. The molecule has 1 aromatic carbocycles. The molecule has 1 saturated carbocycles.